The predicted molar refractivity (Wildman–Crippen MR) is 89.9 cm³/mol. The summed E-state index contributed by atoms with van der Waals surface area (Å²) in [6, 6.07) is 5.61. The van der Waals surface area contributed by atoms with Crippen molar-refractivity contribution >= 4 is 17.5 Å². The number of methoxy groups -OCH3 is 1. The third kappa shape index (κ3) is 3.87. The van der Waals surface area contributed by atoms with Crippen LogP contribution in [0.15, 0.2) is 18.2 Å². The first-order valence-corrected chi connectivity index (χ1v) is 8.43. The van der Waals surface area contributed by atoms with Crippen molar-refractivity contribution in [3.63, 3.8) is 0 Å². The summed E-state index contributed by atoms with van der Waals surface area (Å²) in [5, 5.41) is 5.78. The number of rotatable bonds is 6. The average Bonchev–Trinajstić information content (AvgIpc) is 3.21. The standard InChI is InChI=1S/C18H24N2O4/c1-11-5-6-16(23-2)15(8-11)20-18(22)14-9-13(14)17(21)19-10-12-4-3-7-24-12/h5-6,8,12-14H,3-4,7,9-10H2,1-2H3,(H,19,21)(H,20,22). The molecule has 0 radical (unpaired) electrons. The van der Waals surface area contributed by atoms with Crippen molar-refractivity contribution in [3.05, 3.63) is 23.8 Å². The highest BCUT2D eigenvalue weighted by atomic mass is 16.5. The molecule has 2 amide bonds. The summed E-state index contributed by atoms with van der Waals surface area (Å²) in [6.07, 6.45) is 2.75. The Labute approximate surface area is 141 Å². The SMILES string of the molecule is COc1ccc(C)cc1NC(=O)C1CC1C(=O)NCC1CCCO1. The maximum Gasteiger partial charge on any atom is 0.228 e. The zero-order valence-electron chi connectivity index (χ0n) is 14.1. The van der Waals surface area contributed by atoms with E-state index < -0.39 is 0 Å². The number of aryl methyl sites for hydroxylation is 1. The van der Waals surface area contributed by atoms with Crippen molar-refractivity contribution in [1.82, 2.24) is 5.32 Å². The molecule has 1 aromatic carbocycles. The molecule has 3 atom stereocenters. The Kier molecular flexibility index (Phi) is 5.04. The number of carbonyl (C=O) groups excluding carboxylic acids is 2. The number of amides is 2. The Morgan fingerprint density at radius 1 is 1.29 bits per heavy atom. The molecule has 24 heavy (non-hydrogen) atoms. The van der Waals surface area contributed by atoms with Crippen LogP contribution in [0.4, 0.5) is 5.69 Å². The summed E-state index contributed by atoms with van der Waals surface area (Å²) >= 11 is 0. The van der Waals surface area contributed by atoms with E-state index in [4.69, 9.17) is 9.47 Å². The van der Waals surface area contributed by atoms with Gasteiger partial charge in [-0.15, -0.1) is 0 Å². The number of hydrogen-bond donors (Lipinski definition) is 2. The van der Waals surface area contributed by atoms with Gasteiger partial charge in [0.2, 0.25) is 11.8 Å². The van der Waals surface area contributed by atoms with Gasteiger partial charge in [-0.2, -0.15) is 0 Å². The minimum atomic E-state index is -0.264. The monoisotopic (exact) mass is 332 g/mol. The molecule has 1 saturated heterocycles. The smallest absolute Gasteiger partial charge is 0.228 e. The first kappa shape index (κ1) is 16.8. The number of ether oxygens (including phenoxy) is 2. The minimum Gasteiger partial charge on any atom is -0.495 e. The van der Waals surface area contributed by atoms with Crippen molar-refractivity contribution in [2.24, 2.45) is 11.8 Å². The molecule has 0 aromatic heterocycles. The molecule has 2 fully saturated rings. The Morgan fingerprint density at radius 2 is 2.08 bits per heavy atom. The minimum absolute atomic E-state index is 0.0538. The van der Waals surface area contributed by atoms with Crippen LogP contribution in [0.1, 0.15) is 24.8 Å². The maximum atomic E-state index is 12.4. The summed E-state index contributed by atoms with van der Waals surface area (Å²) in [6.45, 7) is 3.26. The fraction of sp³-hybridized carbons (Fsp3) is 0.556. The quantitative estimate of drug-likeness (QED) is 0.834. The Hall–Kier alpha value is -2.08. The van der Waals surface area contributed by atoms with Gasteiger partial charge in [-0.05, 0) is 43.9 Å². The lowest BCUT2D eigenvalue weighted by Crippen LogP contribution is -2.33. The number of anilines is 1. The van der Waals surface area contributed by atoms with Crippen molar-refractivity contribution in [2.75, 3.05) is 25.6 Å². The summed E-state index contributed by atoms with van der Waals surface area (Å²) in [5.74, 6) is -0.0612. The van der Waals surface area contributed by atoms with Crippen LogP contribution in [0.25, 0.3) is 0 Å². The van der Waals surface area contributed by atoms with Crippen molar-refractivity contribution < 1.29 is 19.1 Å². The fourth-order valence-corrected chi connectivity index (χ4v) is 3.07. The highest BCUT2D eigenvalue weighted by Crippen LogP contribution is 2.40. The molecule has 130 valence electrons. The second kappa shape index (κ2) is 7.21. The van der Waals surface area contributed by atoms with Crippen LogP contribution >= 0.6 is 0 Å². The second-order valence-corrected chi connectivity index (χ2v) is 6.52. The number of benzene rings is 1. The molecule has 1 aliphatic heterocycles. The van der Waals surface area contributed by atoms with Gasteiger partial charge in [0.05, 0.1) is 30.7 Å². The third-order valence-corrected chi connectivity index (χ3v) is 4.60. The van der Waals surface area contributed by atoms with Gasteiger partial charge in [-0.1, -0.05) is 6.07 Å². The molecule has 2 aliphatic rings. The zero-order valence-corrected chi connectivity index (χ0v) is 14.1. The van der Waals surface area contributed by atoms with E-state index in [0.29, 0.717) is 24.4 Å². The maximum absolute atomic E-state index is 12.4. The normalized spacial score (nSPS) is 25.2. The molecule has 0 spiro atoms. The van der Waals surface area contributed by atoms with E-state index in [1.54, 1.807) is 7.11 Å². The van der Waals surface area contributed by atoms with Crippen LogP contribution in [0.3, 0.4) is 0 Å². The molecule has 3 rings (SSSR count). The highest BCUT2D eigenvalue weighted by molar-refractivity contribution is 6.00. The van der Waals surface area contributed by atoms with E-state index >= 15 is 0 Å². The van der Waals surface area contributed by atoms with Gasteiger partial charge in [0.15, 0.2) is 0 Å². The van der Waals surface area contributed by atoms with Crippen LogP contribution < -0.4 is 15.4 Å². The lowest BCUT2D eigenvalue weighted by atomic mass is 10.2. The van der Waals surface area contributed by atoms with Crippen LogP contribution in [-0.2, 0) is 14.3 Å². The molecular formula is C18H24N2O4. The molecule has 3 unspecified atom stereocenters. The molecule has 6 nitrogen and oxygen atoms in total. The summed E-state index contributed by atoms with van der Waals surface area (Å²) in [7, 11) is 1.57. The van der Waals surface area contributed by atoms with Crippen LogP contribution in [0.5, 0.6) is 5.75 Å². The molecular weight excluding hydrogens is 308 g/mol. The van der Waals surface area contributed by atoms with Gasteiger partial charge in [-0.25, -0.2) is 0 Å². The highest BCUT2D eigenvalue weighted by Gasteiger charge is 2.48. The third-order valence-electron chi connectivity index (χ3n) is 4.60. The van der Waals surface area contributed by atoms with Gasteiger partial charge >= 0.3 is 0 Å². The van der Waals surface area contributed by atoms with Gasteiger partial charge in [-0.3, -0.25) is 9.59 Å². The molecule has 1 aromatic rings. The second-order valence-electron chi connectivity index (χ2n) is 6.52. The van der Waals surface area contributed by atoms with E-state index in [0.717, 1.165) is 25.0 Å². The van der Waals surface area contributed by atoms with Crippen LogP contribution in [-0.4, -0.2) is 38.2 Å². The number of carbonyl (C=O) groups is 2. The summed E-state index contributed by atoms with van der Waals surface area (Å²) in [4.78, 5) is 24.5. The molecule has 6 heteroatoms. The van der Waals surface area contributed by atoms with Gasteiger partial charge in [0.25, 0.3) is 0 Å². The van der Waals surface area contributed by atoms with Crippen molar-refractivity contribution in [1.29, 1.82) is 0 Å². The van der Waals surface area contributed by atoms with Crippen LogP contribution in [0.2, 0.25) is 0 Å². The Morgan fingerprint density at radius 3 is 2.79 bits per heavy atom. The lowest BCUT2D eigenvalue weighted by molar-refractivity contribution is -0.125. The Balaban J connectivity index is 1.50. The lowest BCUT2D eigenvalue weighted by Gasteiger charge is -2.12. The van der Waals surface area contributed by atoms with Gasteiger partial charge < -0.3 is 20.1 Å². The first-order chi connectivity index (χ1) is 11.6. The zero-order chi connectivity index (χ0) is 17.1. The number of hydrogen-bond acceptors (Lipinski definition) is 4. The van der Waals surface area contributed by atoms with Gasteiger partial charge in [0.1, 0.15) is 5.75 Å². The van der Waals surface area contributed by atoms with Crippen molar-refractivity contribution in [3.8, 4) is 5.75 Å². The average molecular weight is 332 g/mol. The predicted octanol–water partition coefficient (Wildman–Crippen LogP) is 1.87. The number of nitrogens with one attached hydrogen (secondary N) is 2. The Bertz CT molecular complexity index is 625. The molecule has 1 aliphatic carbocycles. The van der Waals surface area contributed by atoms with E-state index in [2.05, 4.69) is 10.6 Å². The van der Waals surface area contributed by atoms with Crippen molar-refractivity contribution in [2.45, 2.75) is 32.3 Å². The first-order valence-electron chi connectivity index (χ1n) is 8.43. The van der Waals surface area contributed by atoms with E-state index in [1.165, 1.54) is 0 Å². The van der Waals surface area contributed by atoms with Crippen LogP contribution in [0, 0.1) is 18.8 Å². The van der Waals surface area contributed by atoms with E-state index in [-0.39, 0.29) is 29.8 Å². The summed E-state index contributed by atoms with van der Waals surface area (Å²) in [5.41, 5.74) is 1.68. The molecule has 1 saturated carbocycles. The topological polar surface area (TPSA) is 76.7 Å². The fourth-order valence-electron chi connectivity index (χ4n) is 3.07. The molecule has 1 heterocycles. The van der Waals surface area contributed by atoms with E-state index in [1.807, 2.05) is 25.1 Å². The van der Waals surface area contributed by atoms with E-state index in [9.17, 15) is 9.59 Å². The van der Waals surface area contributed by atoms with Gasteiger partial charge in [0, 0.05) is 13.2 Å². The summed E-state index contributed by atoms with van der Waals surface area (Å²) < 4.78 is 10.7. The largest absolute Gasteiger partial charge is 0.495 e. The molecule has 2 N–H and O–H groups in total. The molecule has 0 bridgehead atoms.